The Bertz CT molecular complexity index is 658. The van der Waals surface area contributed by atoms with Gasteiger partial charge in [-0.25, -0.2) is 12.4 Å². The maximum Gasteiger partial charge on any atom is 0.309 e. The molecule has 0 aliphatic carbocycles. The summed E-state index contributed by atoms with van der Waals surface area (Å²) in [6, 6.07) is 10.9. The number of carbonyl (C=O) groups excluding carboxylic acids is 1. The molecule has 0 aliphatic rings. The first-order chi connectivity index (χ1) is 8.51. The topological polar surface area (TPSA) is 65.4 Å². The third-order valence-corrected chi connectivity index (χ3v) is 3.91. The lowest BCUT2D eigenvalue weighted by atomic mass is 10.4. The van der Waals surface area contributed by atoms with Gasteiger partial charge in [-0.2, -0.15) is 0 Å². The highest BCUT2D eigenvalue weighted by Crippen LogP contribution is 2.21. The van der Waals surface area contributed by atoms with Gasteiger partial charge in [-0.15, -0.1) is 0 Å². The number of aromatic nitrogens is 1. The van der Waals surface area contributed by atoms with E-state index in [2.05, 4.69) is 0 Å². The number of hydrogen-bond donors (Lipinski definition) is 0. The van der Waals surface area contributed by atoms with Crippen LogP contribution in [0.25, 0.3) is 0 Å². The van der Waals surface area contributed by atoms with Crippen molar-refractivity contribution in [1.82, 2.24) is 3.97 Å². The van der Waals surface area contributed by atoms with Crippen LogP contribution in [0.15, 0.2) is 53.6 Å². The van der Waals surface area contributed by atoms with Crippen molar-refractivity contribution < 1.29 is 17.9 Å². The molecule has 0 fully saturated rings. The fourth-order valence-corrected chi connectivity index (χ4v) is 2.78. The Morgan fingerprint density at radius 2 is 1.78 bits per heavy atom. The Balaban J connectivity index is 2.49. The molecule has 1 heterocycles. The Morgan fingerprint density at radius 3 is 2.39 bits per heavy atom. The molecule has 0 spiro atoms. The maximum absolute atomic E-state index is 12.3. The number of nitrogens with zero attached hydrogens (tertiary/aromatic N) is 1. The lowest BCUT2D eigenvalue weighted by molar-refractivity contribution is -0.132. The summed E-state index contributed by atoms with van der Waals surface area (Å²) in [7, 11) is -3.73. The lowest BCUT2D eigenvalue weighted by Gasteiger charge is -2.09. The van der Waals surface area contributed by atoms with Crippen molar-refractivity contribution in [1.29, 1.82) is 0 Å². The van der Waals surface area contributed by atoms with Crippen LogP contribution < -0.4 is 4.74 Å². The van der Waals surface area contributed by atoms with Gasteiger partial charge in [-0.3, -0.25) is 4.79 Å². The predicted molar refractivity (Wildman–Crippen MR) is 64.8 cm³/mol. The number of rotatable bonds is 3. The van der Waals surface area contributed by atoms with Crippen LogP contribution in [-0.2, 0) is 14.8 Å². The number of benzene rings is 1. The molecule has 0 saturated carbocycles. The van der Waals surface area contributed by atoms with Gasteiger partial charge >= 0.3 is 5.97 Å². The molecule has 94 valence electrons. The summed E-state index contributed by atoms with van der Waals surface area (Å²) in [6.07, 6.45) is 1.33. The highest BCUT2D eigenvalue weighted by molar-refractivity contribution is 7.90. The van der Waals surface area contributed by atoms with Crippen molar-refractivity contribution in [3.8, 4) is 5.88 Å². The summed E-state index contributed by atoms with van der Waals surface area (Å²) >= 11 is 0. The molecule has 0 atom stereocenters. The molecular formula is C12H11NO4S. The van der Waals surface area contributed by atoms with Crippen LogP contribution in [-0.4, -0.2) is 18.4 Å². The quantitative estimate of drug-likeness (QED) is 0.791. The van der Waals surface area contributed by atoms with Gasteiger partial charge in [0.2, 0.25) is 5.88 Å². The first-order valence-corrected chi connectivity index (χ1v) is 6.62. The second-order valence-electron chi connectivity index (χ2n) is 3.55. The summed E-state index contributed by atoms with van der Waals surface area (Å²) in [4.78, 5) is 11.0. The van der Waals surface area contributed by atoms with Gasteiger partial charge in [-0.1, -0.05) is 18.2 Å². The van der Waals surface area contributed by atoms with Crippen LogP contribution in [0.1, 0.15) is 6.92 Å². The van der Waals surface area contributed by atoms with E-state index in [1.54, 1.807) is 18.2 Å². The molecule has 2 rings (SSSR count). The Labute approximate surface area is 105 Å². The molecule has 18 heavy (non-hydrogen) atoms. The number of hydrogen-bond acceptors (Lipinski definition) is 4. The van der Waals surface area contributed by atoms with Crippen molar-refractivity contribution in [2.45, 2.75) is 11.8 Å². The van der Waals surface area contributed by atoms with Gasteiger partial charge in [0, 0.05) is 19.2 Å². The van der Waals surface area contributed by atoms with E-state index in [1.165, 1.54) is 37.4 Å². The maximum atomic E-state index is 12.3. The second-order valence-corrected chi connectivity index (χ2v) is 5.37. The van der Waals surface area contributed by atoms with E-state index in [0.717, 1.165) is 3.97 Å². The Kier molecular flexibility index (Phi) is 3.20. The minimum atomic E-state index is -3.73. The number of carbonyl (C=O) groups is 1. The zero-order valence-electron chi connectivity index (χ0n) is 9.61. The minimum absolute atomic E-state index is 0.0219. The zero-order valence-corrected chi connectivity index (χ0v) is 10.4. The first-order valence-electron chi connectivity index (χ1n) is 5.18. The first kappa shape index (κ1) is 12.4. The molecule has 1 aromatic carbocycles. The molecule has 0 bridgehead atoms. The van der Waals surface area contributed by atoms with Crippen LogP contribution in [0.5, 0.6) is 5.88 Å². The molecule has 0 amide bonds. The average Bonchev–Trinajstić information content (AvgIpc) is 2.78. The summed E-state index contributed by atoms with van der Waals surface area (Å²) in [5.74, 6) is -0.593. The molecule has 1 aromatic heterocycles. The number of ether oxygens (including phenoxy) is 1. The molecule has 6 heteroatoms. The smallest absolute Gasteiger partial charge is 0.309 e. The highest BCUT2D eigenvalue weighted by atomic mass is 32.2. The Morgan fingerprint density at radius 1 is 1.11 bits per heavy atom. The predicted octanol–water partition coefficient (Wildman–Crippen LogP) is 1.65. The average molecular weight is 265 g/mol. The lowest BCUT2D eigenvalue weighted by Crippen LogP contribution is -2.15. The summed E-state index contributed by atoms with van der Waals surface area (Å²) < 4.78 is 30.3. The molecule has 0 unspecified atom stereocenters. The monoisotopic (exact) mass is 265 g/mol. The second kappa shape index (κ2) is 4.66. The van der Waals surface area contributed by atoms with Crippen molar-refractivity contribution in [2.75, 3.05) is 0 Å². The third kappa shape index (κ3) is 2.28. The highest BCUT2D eigenvalue weighted by Gasteiger charge is 2.20. The van der Waals surface area contributed by atoms with E-state index in [0.29, 0.717) is 0 Å². The molecule has 2 aromatic rings. The van der Waals surface area contributed by atoms with E-state index >= 15 is 0 Å². The minimum Gasteiger partial charge on any atom is -0.408 e. The normalized spacial score (nSPS) is 11.2. The van der Waals surface area contributed by atoms with E-state index < -0.39 is 16.0 Å². The van der Waals surface area contributed by atoms with Gasteiger partial charge in [0.25, 0.3) is 10.0 Å². The van der Waals surface area contributed by atoms with Crippen LogP contribution in [0, 0.1) is 0 Å². The van der Waals surface area contributed by atoms with E-state index in [-0.39, 0.29) is 10.8 Å². The molecule has 0 N–H and O–H groups in total. The molecule has 0 aliphatic heterocycles. The van der Waals surface area contributed by atoms with Gasteiger partial charge in [-0.05, 0) is 18.2 Å². The van der Waals surface area contributed by atoms with Crippen molar-refractivity contribution >= 4 is 16.0 Å². The summed E-state index contributed by atoms with van der Waals surface area (Å²) in [5.41, 5.74) is 0. The van der Waals surface area contributed by atoms with Crippen LogP contribution in [0.3, 0.4) is 0 Å². The summed E-state index contributed by atoms with van der Waals surface area (Å²) in [5, 5.41) is 0. The third-order valence-electron chi connectivity index (χ3n) is 2.23. The largest absolute Gasteiger partial charge is 0.408 e. The number of esters is 1. The van der Waals surface area contributed by atoms with Gasteiger partial charge in [0.1, 0.15) is 0 Å². The molecule has 0 saturated heterocycles. The van der Waals surface area contributed by atoms with Gasteiger partial charge in [0.15, 0.2) is 0 Å². The zero-order chi connectivity index (χ0) is 13.2. The van der Waals surface area contributed by atoms with Gasteiger partial charge < -0.3 is 4.74 Å². The van der Waals surface area contributed by atoms with E-state index in [1.807, 2.05) is 0 Å². The molecular weight excluding hydrogens is 254 g/mol. The molecule has 0 radical (unpaired) electrons. The van der Waals surface area contributed by atoms with Crippen LogP contribution in [0.2, 0.25) is 0 Å². The van der Waals surface area contributed by atoms with Crippen molar-refractivity contribution in [3.63, 3.8) is 0 Å². The van der Waals surface area contributed by atoms with Crippen molar-refractivity contribution in [2.24, 2.45) is 0 Å². The fraction of sp³-hybridized carbons (Fsp3) is 0.0833. The van der Waals surface area contributed by atoms with Crippen LogP contribution in [0.4, 0.5) is 0 Å². The van der Waals surface area contributed by atoms with Crippen LogP contribution >= 0.6 is 0 Å². The van der Waals surface area contributed by atoms with E-state index in [9.17, 15) is 13.2 Å². The SMILES string of the molecule is CC(=O)Oc1cccn1S(=O)(=O)c1ccccc1. The van der Waals surface area contributed by atoms with Crippen molar-refractivity contribution in [3.05, 3.63) is 48.7 Å². The fourth-order valence-electron chi connectivity index (χ4n) is 1.48. The summed E-state index contributed by atoms with van der Waals surface area (Å²) in [6.45, 7) is 1.21. The molecule has 5 nitrogen and oxygen atoms in total. The standard InChI is InChI=1S/C12H11NO4S/c1-10(14)17-12-8-5-9-13(12)18(15,16)11-6-3-2-4-7-11/h2-9H,1H3. The Hall–Kier alpha value is -2.08. The van der Waals surface area contributed by atoms with E-state index in [4.69, 9.17) is 4.74 Å². The van der Waals surface area contributed by atoms with Gasteiger partial charge in [0.05, 0.1) is 4.90 Å².